The van der Waals surface area contributed by atoms with Gasteiger partial charge >= 0.3 is 0 Å². The topological polar surface area (TPSA) is 41.6 Å². The lowest BCUT2D eigenvalue weighted by molar-refractivity contribution is 0.702. The molecular formula is C10H11N3. The minimum atomic E-state index is 0.490. The van der Waals surface area contributed by atoms with E-state index in [4.69, 9.17) is 5.73 Å². The molecule has 0 radical (unpaired) electrons. The molecule has 0 atom stereocenters. The van der Waals surface area contributed by atoms with E-state index in [0.29, 0.717) is 5.96 Å². The van der Waals surface area contributed by atoms with Crippen LogP contribution in [0.1, 0.15) is 5.56 Å². The summed E-state index contributed by atoms with van der Waals surface area (Å²) in [6.07, 6.45) is 0. The van der Waals surface area contributed by atoms with Gasteiger partial charge < -0.3 is 10.6 Å². The number of benzene rings is 1. The van der Waals surface area contributed by atoms with E-state index in [-0.39, 0.29) is 0 Å². The van der Waals surface area contributed by atoms with Crippen molar-refractivity contribution in [3.8, 4) is 0 Å². The van der Waals surface area contributed by atoms with Crippen LogP contribution in [0.3, 0.4) is 0 Å². The van der Waals surface area contributed by atoms with Crippen LogP contribution in [0.25, 0.3) is 5.70 Å². The molecule has 0 spiro atoms. The summed E-state index contributed by atoms with van der Waals surface area (Å²) < 4.78 is 0. The lowest BCUT2D eigenvalue weighted by Crippen LogP contribution is -2.34. The number of nitrogens with zero attached hydrogens (tertiary/aromatic N) is 2. The molecule has 2 rings (SSSR count). The number of nitrogens with two attached hydrogens (primary N) is 1. The number of hydrogen-bond acceptors (Lipinski definition) is 3. The lowest BCUT2D eigenvalue weighted by atomic mass is 10.1. The minimum Gasteiger partial charge on any atom is -0.369 e. The van der Waals surface area contributed by atoms with Gasteiger partial charge in [0.1, 0.15) is 0 Å². The molecule has 0 bridgehead atoms. The molecule has 1 aromatic rings. The highest BCUT2D eigenvalue weighted by Gasteiger charge is 2.16. The summed E-state index contributed by atoms with van der Waals surface area (Å²) in [5.41, 5.74) is 8.52. The Morgan fingerprint density at radius 2 is 2.08 bits per heavy atom. The Bertz CT molecular complexity index is 393. The molecule has 13 heavy (non-hydrogen) atoms. The van der Waals surface area contributed by atoms with E-state index < -0.39 is 0 Å². The monoisotopic (exact) mass is 173 g/mol. The van der Waals surface area contributed by atoms with Gasteiger partial charge in [-0.15, -0.1) is 0 Å². The van der Waals surface area contributed by atoms with Gasteiger partial charge in [-0.1, -0.05) is 24.8 Å². The maximum Gasteiger partial charge on any atom is 0.200 e. The third kappa shape index (κ3) is 1.09. The summed E-state index contributed by atoms with van der Waals surface area (Å²) in [6, 6.07) is 7.83. The second-order valence-corrected chi connectivity index (χ2v) is 2.99. The molecule has 3 heteroatoms. The van der Waals surface area contributed by atoms with E-state index in [0.717, 1.165) is 16.9 Å². The summed E-state index contributed by atoms with van der Waals surface area (Å²) in [5, 5.41) is 0. The molecule has 0 fully saturated rings. The molecule has 0 aliphatic carbocycles. The first-order valence-electron chi connectivity index (χ1n) is 4.06. The first-order valence-corrected chi connectivity index (χ1v) is 4.06. The summed E-state index contributed by atoms with van der Waals surface area (Å²) in [4.78, 5) is 6.02. The van der Waals surface area contributed by atoms with Crippen LogP contribution in [0.2, 0.25) is 0 Å². The largest absolute Gasteiger partial charge is 0.369 e. The Labute approximate surface area is 77.2 Å². The highest BCUT2D eigenvalue weighted by atomic mass is 15.3. The predicted octanol–water partition coefficient (Wildman–Crippen LogP) is 1.55. The minimum absolute atomic E-state index is 0.490. The van der Waals surface area contributed by atoms with E-state index in [9.17, 15) is 0 Å². The third-order valence-corrected chi connectivity index (χ3v) is 2.20. The van der Waals surface area contributed by atoms with Gasteiger partial charge in [0.15, 0.2) is 0 Å². The number of rotatable bonds is 0. The molecule has 66 valence electrons. The Balaban J connectivity index is 2.63. The van der Waals surface area contributed by atoms with Crippen molar-refractivity contribution < 1.29 is 0 Å². The fourth-order valence-electron chi connectivity index (χ4n) is 1.33. The zero-order valence-electron chi connectivity index (χ0n) is 7.49. The molecule has 0 aromatic heterocycles. The summed E-state index contributed by atoms with van der Waals surface area (Å²) in [7, 11) is 1.86. The van der Waals surface area contributed by atoms with Crippen molar-refractivity contribution in [1.82, 2.24) is 4.90 Å². The van der Waals surface area contributed by atoms with Gasteiger partial charge in [0, 0.05) is 18.3 Å². The van der Waals surface area contributed by atoms with Crippen molar-refractivity contribution in [3.05, 3.63) is 36.4 Å². The van der Waals surface area contributed by atoms with E-state index in [1.807, 2.05) is 31.3 Å². The van der Waals surface area contributed by atoms with Crippen LogP contribution < -0.4 is 5.73 Å². The fraction of sp³-hybridized carbons (Fsp3) is 0.100. The van der Waals surface area contributed by atoms with Crippen LogP contribution >= 0.6 is 0 Å². The maximum absolute atomic E-state index is 5.70. The molecule has 3 nitrogen and oxygen atoms in total. The molecule has 1 aliphatic heterocycles. The van der Waals surface area contributed by atoms with Gasteiger partial charge in [-0.25, -0.2) is 4.99 Å². The maximum atomic E-state index is 5.70. The highest BCUT2D eigenvalue weighted by Crippen LogP contribution is 2.30. The standard InChI is InChI=1S/C10H11N3/c1-7-8-5-3-4-6-9(8)12-10(11)13(7)2/h3-6H,1H2,2H3,(H2,11,12). The van der Waals surface area contributed by atoms with Gasteiger partial charge in [-0.3, -0.25) is 0 Å². The average Bonchev–Trinajstić information content (AvgIpc) is 2.15. The SMILES string of the molecule is C=C1c2ccccc2N=C(N)N1C. The lowest BCUT2D eigenvalue weighted by Gasteiger charge is -2.25. The van der Waals surface area contributed by atoms with E-state index in [1.54, 1.807) is 4.90 Å². The summed E-state index contributed by atoms with van der Waals surface area (Å²) in [6.45, 7) is 3.95. The van der Waals surface area contributed by atoms with Crippen LogP contribution in [0.4, 0.5) is 5.69 Å². The van der Waals surface area contributed by atoms with Crippen LogP contribution in [0, 0.1) is 0 Å². The summed E-state index contributed by atoms with van der Waals surface area (Å²) >= 11 is 0. The van der Waals surface area contributed by atoms with Crippen molar-refractivity contribution >= 4 is 17.3 Å². The first kappa shape index (κ1) is 7.86. The van der Waals surface area contributed by atoms with Gasteiger partial charge in [0.05, 0.1) is 5.69 Å². The van der Waals surface area contributed by atoms with Crippen molar-refractivity contribution in [2.24, 2.45) is 10.7 Å². The average molecular weight is 173 g/mol. The van der Waals surface area contributed by atoms with Crippen LogP contribution in [0.5, 0.6) is 0 Å². The second-order valence-electron chi connectivity index (χ2n) is 2.99. The van der Waals surface area contributed by atoms with E-state index in [2.05, 4.69) is 11.6 Å². The Morgan fingerprint density at radius 3 is 2.85 bits per heavy atom. The molecule has 0 unspecified atom stereocenters. The highest BCUT2D eigenvalue weighted by molar-refractivity contribution is 5.95. The quantitative estimate of drug-likeness (QED) is 0.646. The Kier molecular flexibility index (Phi) is 1.59. The predicted molar refractivity (Wildman–Crippen MR) is 54.5 cm³/mol. The van der Waals surface area contributed by atoms with Crippen molar-refractivity contribution in [2.45, 2.75) is 0 Å². The van der Waals surface area contributed by atoms with Crippen molar-refractivity contribution in [3.63, 3.8) is 0 Å². The van der Waals surface area contributed by atoms with Gasteiger partial charge in [-0.05, 0) is 6.07 Å². The molecule has 2 N–H and O–H groups in total. The number of hydrogen-bond donors (Lipinski definition) is 1. The Morgan fingerprint density at radius 1 is 1.38 bits per heavy atom. The van der Waals surface area contributed by atoms with E-state index >= 15 is 0 Å². The van der Waals surface area contributed by atoms with Crippen molar-refractivity contribution in [1.29, 1.82) is 0 Å². The molecule has 1 aliphatic rings. The molecule has 1 aromatic carbocycles. The summed E-state index contributed by atoms with van der Waals surface area (Å²) in [5.74, 6) is 0.490. The zero-order valence-corrected chi connectivity index (χ0v) is 7.49. The van der Waals surface area contributed by atoms with Gasteiger partial charge in [0.2, 0.25) is 5.96 Å². The Hall–Kier alpha value is -1.77. The van der Waals surface area contributed by atoms with Crippen LogP contribution in [-0.2, 0) is 0 Å². The number of para-hydroxylation sites is 1. The normalized spacial score (nSPS) is 15.3. The van der Waals surface area contributed by atoms with Gasteiger partial charge in [0.25, 0.3) is 0 Å². The molecule has 0 amide bonds. The van der Waals surface area contributed by atoms with Gasteiger partial charge in [-0.2, -0.15) is 0 Å². The number of fused-ring (bicyclic) bond motifs is 1. The zero-order chi connectivity index (χ0) is 9.42. The number of aliphatic imine (C=N–C) groups is 1. The van der Waals surface area contributed by atoms with Crippen molar-refractivity contribution in [2.75, 3.05) is 7.05 Å². The fourth-order valence-corrected chi connectivity index (χ4v) is 1.33. The molecule has 1 heterocycles. The first-order chi connectivity index (χ1) is 6.20. The second kappa shape index (κ2) is 2.62. The molecule has 0 saturated carbocycles. The molecular weight excluding hydrogens is 162 g/mol. The third-order valence-electron chi connectivity index (χ3n) is 2.20. The smallest absolute Gasteiger partial charge is 0.200 e. The van der Waals surface area contributed by atoms with E-state index in [1.165, 1.54) is 0 Å². The van der Waals surface area contributed by atoms with Crippen LogP contribution in [-0.4, -0.2) is 17.9 Å². The number of guanidine groups is 1. The van der Waals surface area contributed by atoms with Crippen LogP contribution in [0.15, 0.2) is 35.8 Å². The molecule has 0 saturated heterocycles.